The maximum absolute atomic E-state index is 15.1. The maximum atomic E-state index is 15.1. The van der Waals surface area contributed by atoms with Gasteiger partial charge in [-0.15, -0.1) is 0 Å². The lowest BCUT2D eigenvalue weighted by Gasteiger charge is -2.46. The number of nitrogens with one attached hydrogen (secondary N) is 2. The van der Waals surface area contributed by atoms with Crippen LogP contribution in [-0.2, 0) is 71.0 Å². The number of rotatable bonds is 84. The lowest BCUT2D eigenvalue weighted by Crippen LogP contribution is -2.68. The van der Waals surface area contributed by atoms with Gasteiger partial charge in [0.25, 0.3) is 0 Å². The molecule has 0 radical (unpaired) electrons. The van der Waals surface area contributed by atoms with Gasteiger partial charge in [-0.25, -0.2) is 4.57 Å². The van der Waals surface area contributed by atoms with Crippen molar-refractivity contribution in [3.63, 3.8) is 0 Å². The Balaban J connectivity index is 2.71. The topological polar surface area (TPSA) is 339 Å². The van der Waals surface area contributed by atoms with E-state index in [9.17, 15) is 58.8 Å². The van der Waals surface area contributed by atoms with Crippen molar-refractivity contribution in [3.05, 3.63) is 0 Å². The average Bonchev–Trinajstić information content (AvgIpc) is 0.797. The Morgan fingerprint density at radius 2 is 0.658 bits per heavy atom. The van der Waals surface area contributed by atoms with Gasteiger partial charge in [0.05, 0.1) is 38.6 Å². The first-order valence-electron chi connectivity index (χ1n) is 49.9. The molecule has 0 aromatic heterocycles. The van der Waals surface area contributed by atoms with Crippen LogP contribution in [-0.4, -0.2) is 159 Å². The quantitative estimate of drug-likeness (QED) is 0.0121. The highest BCUT2D eigenvalue weighted by Crippen LogP contribution is 2.43. The fourth-order valence-corrected chi connectivity index (χ4v) is 17.3. The molecular formula is C96H181N2O21P. The third-order valence-corrected chi connectivity index (χ3v) is 24.6. The predicted octanol–water partition coefficient (Wildman–Crippen LogP) is 22.3. The summed E-state index contributed by atoms with van der Waals surface area (Å²) in [4.78, 5) is 107. The van der Waals surface area contributed by atoms with E-state index in [1.165, 1.54) is 161 Å². The normalized spacial score (nSPS) is 20.2. The Labute approximate surface area is 729 Å². The molecule has 2 heterocycles. The average molecular weight is 1730 g/mol. The molecule has 2 aliphatic heterocycles. The number of hydrogen-bond donors (Lipinski definition) is 8. The predicted molar refractivity (Wildman–Crippen MR) is 478 cm³/mol. The molecule has 706 valence electrons. The molecule has 2 fully saturated rings. The summed E-state index contributed by atoms with van der Waals surface area (Å²) in [6, 6.07) is -3.35. The Kier molecular flexibility index (Phi) is 72.2. The first-order chi connectivity index (χ1) is 58.2. The molecule has 0 bridgehead atoms. The van der Waals surface area contributed by atoms with Gasteiger partial charge in [-0.05, 0) is 51.4 Å². The molecular weight excluding hydrogens is 1550 g/mol. The molecule has 23 nitrogen and oxygen atoms in total. The van der Waals surface area contributed by atoms with E-state index in [4.69, 9.17) is 37.7 Å². The van der Waals surface area contributed by atoms with E-state index in [-0.39, 0.29) is 32.1 Å². The summed E-state index contributed by atoms with van der Waals surface area (Å²) in [5.74, 6) is -4.18. The van der Waals surface area contributed by atoms with E-state index in [0.717, 1.165) is 186 Å². The van der Waals surface area contributed by atoms with Crippen molar-refractivity contribution in [1.82, 2.24) is 10.6 Å². The number of aliphatic hydroxyl groups is 4. The molecule has 2 saturated heterocycles. The molecule has 2 amide bonds. The number of unbranched alkanes of at least 4 members (excludes halogenated alkanes) is 54. The van der Waals surface area contributed by atoms with Gasteiger partial charge >= 0.3 is 31.7 Å². The van der Waals surface area contributed by atoms with Crippen LogP contribution in [0, 0.1) is 0 Å². The van der Waals surface area contributed by atoms with Crippen LogP contribution in [0.1, 0.15) is 485 Å². The van der Waals surface area contributed by atoms with Crippen molar-refractivity contribution in [2.24, 2.45) is 0 Å². The summed E-state index contributed by atoms with van der Waals surface area (Å²) >= 11 is 0. The van der Waals surface area contributed by atoms with Crippen LogP contribution in [0.2, 0.25) is 0 Å². The number of carbonyl (C=O) groups is 6. The van der Waals surface area contributed by atoms with E-state index in [1.54, 1.807) is 0 Å². The minimum atomic E-state index is -5.60. The van der Waals surface area contributed by atoms with E-state index in [2.05, 4.69) is 52.2 Å². The molecule has 0 spiro atoms. The van der Waals surface area contributed by atoms with Gasteiger partial charge in [-0.3, -0.25) is 33.3 Å². The third kappa shape index (κ3) is 60.3. The summed E-state index contributed by atoms with van der Waals surface area (Å²) in [5.41, 5.74) is 0. The summed E-state index contributed by atoms with van der Waals surface area (Å²) < 4.78 is 62.1. The smallest absolute Gasteiger partial charge is 0.462 e. The Morgan fingerprint density at radius 1 is 0.350 bits per heavy atom. The minimum absolute atomic E-state index is 0.0468. The molecule has 0 aliphatic carbocycles. The van der Waals surface area contributed by atoms with Gasteiger partial charge in [-0.1, -0.05) is 395 Å². The molecule has 0 saturated carbocycles. The Hall–Kier alpha value is -3.35. The maximum Gasteiger partial charge on any atom is 0.470 e. The van der Waals surface area contributed by atoms with Crippen LogP contribution in [0.3, 0.4) is 0 Å². The summed E-state index contributed by atoms with van der Waals surface area (Å²) in [5, 5.41) is 52.2. The van der Waals surface area contributed by atoms with Gasteiger partial charge in [0, 0.05) is 19.3 Å². The number of phosphoric acid groups is 1. The molecule has 13 atom stereocenters. The van der Waals surface area contributed by atoms with Crippen LogP contribution >= 0.6 is 7.82 Å². The van der Waals surface area contributed by atoms with Crippen LogP contribution in [0.4, 0.5) is 0 Å². The molecule has 2 rings (SSSR count). The third-order valence-electron chi connectivity index (χ3n) is 24.1. The Bertz CT molecular complexity index is 2510. The highest BCUT2D eigenvalue weighted by molar-refractivity contribution is 7.46. The standard InChI is InChI=1S/C96H181N2O21P/c1-7-13-19-25-31-37-40-46-52-58-64-70-85(103)113-79(68-62-56-50-44-35-29-23-17-11-5)74-84(102)98-90-94(118-88(106)75-80(69-63-57-51-45-36-30-24-18-12-6)114-86(104)71-65-59-53-47-41-38-32-26-20-14-8-2)92(119-120(109,110)111)81(76-99)116-96(90)112-77-82-91(107)93(117-87(105)72-66-60-54-48-42-39-33-27-21-15-9-3)89(95(108)115-82)97-83(101)73-78(100)67-61-55-49-43-34-28-22-16-10-4/h78-82,89-96,99-100,107-108H,7-77H2,1-6H3,(H,97,101)(H,98,102)(H2,109,110,111)/t78-,79-,80-,81?,82?,89?,90?,91-,92-,93-,94-,95+,96-/m1/s1. The number of aliphatic hydroxyl groups excluding tert-OH is 4. The second-order valence-corrected chi connectivity index (χ2v) is 36.7. The number of ether oxygens (including phenoxy) is 7. The van der Waals surface area contributed by atoms with E-state index in [1.807, 2.05) is 0 Å². The van der Waals surface area contributed by atoms with Crippen molar-refractivity contribution >= 4 is 43.5 Å². The first kappa shape index (κ1) is 113. The van der Waals surface area contributed by atoms with Crippen LogP contribution in [0.5, 0.6) is 0 Å². The minimum Gasteiger partial charge on any atom is -0.462 e. The van der Waals surface area contributed by atoms with Gasteiger partial charge < -0.3 is 74.0 Å². The monoisotopic (exact) mass is 1730 g/mol. The first-order valence-corrected chi connectivity index (χ1v) is 51.4. The fraction of sp³-hybridized carbons (Fsp3) is 0.938. The number of amides is 2. The van der Waals surface area contributed by atoms with Crippen molar-refractivity contribution in [3.8, 4) is 0 Å². The summed E-state index contributed by atoms with van der Waals surface area (Å²) in [7, 11) is -5.60. The Morgan fingerprint density at radius 3 is 1.02 bits per heavy atom. The summed E-state index contributed by atoms with van der Waals surface area (Å²) in [6.45, 7) is 11.4. The lowest BCUT2D eigenvalue weighted by atomic mass is 9.95. The van der Waals surface area contributed by atoms with Crippen molar-refractivity contribution < 1.29 is 101 Å². The van der Waals surface area contributed by atoms with E-state index in [0.29, 0.717) is 51.4 Å². The SMILES string of the molecule is CCCCCCCCCCCCCC(=O)O[C@H](CCCCCCCCCCC)CC(=O)NC1[C@H](OCC2O[C@H](O)C(NC(=O)C[C@H](O)CCCCCCCCCCC)[C@@H](OC(=O)CCCCCCCCCCCCC)[C@@H]2O)OC(CO)[C@@H](OP(=O)(O)O)[C@@H]1OC(=O)C[C@@H](CCCCCCCCCCC)OC(=O)CCCCCCCCCCCCC. The van der Waals surface area contributed by atoms with Crippen LogP contribution < -0.4 is 10.6 Å². The molecule has 2 aliphatic rings. The van der Waals surface area contributed by atoms with Crippen LogP contribution in [0.15, 0.2) is 0 Å². The number of carbonyl (C=O) groups excluding carboxylic acids is 6. The lowest BCUT2D eigenvalue weighted by molar-refractivity contribution is -0.298. The highest BCUT2D eigenvalue weighted by Gasteiger charge is 2.54. The van der Waals surface area contributed by atoms with Gasteiger partial charge in [0.1, 0.15) is 48.7 Å². The van der Waals surface area contributed by atoms with E-state index >= 15 is 4.79 Å². The molecule has 120 heavy (non-hydrogen) atoms. The molecule has 8 N–H and O–H groups in total. The number of hydrogen-bond acceptors (Lipinski definition) is 19. The molecule has 24 heteroatoms. The summed E-state index contributed by atoms with van der Waals surface area (Å²) in [6.07, 6.45) is 45.3. The zero-order valence-corrected chi connectivity index (χ0v) is 77.9. The second kappa shape index (κ2) is 76.8. The van der Waals surface area contributed by atoms with Crippen molar-refractivity contribution in [2.75, 3.05) is 13.2 Å². The van der Waals surface area contributed by atoms with Crippen LogP contribution in [0.25, 0.3) is 0 Å². The highest BCUT2D eigenvalue weighted by atomic mass is 31.2. The van der Waals surface area contributed by atoms with Gasteiger partial charge in [0.15, 0.2) is 24.8 Å². The zero-order valence-electron chi connectivity index (χ0n) is 77.0. The van der Waals surface area contributed by atoms with Gasteiger partial charge in [0.2, 0.25) is 11.8 Å². The number of esters is 4. The molecule has 4 unspecified atom stereocenters. The number of phosphoric ester groups is 1. The second-order valence-electron chi connectivity index (χ2n) is 35.5. The fourth-order valence-electron chi connectivity index (χ4n) is 16.7. The van der Waals surface area contributed by atoms with Crippen molar-refractivity contribution in [1.29, 1.82) is 0 Å². The van der Waals surface area contributed by atoms with Gasteiger partial charge in [-0.2, -0.15) is 0 Å². The van der Waals surface area contributed by atoms with Crippen molar-refractivity contribution in [2.45, 2.75) is 564 Å². The zero-order chi connectivity index (χ0) is 87.7. The van der Waals surface area contributed by atoms with E-state index < -0.39 is 149 Å². The largest absolute Gasteiger partial charge is 0.470 e. The molecule has 0 aromatic rings. The molecule has 0 aromatic carbocycles.